The Balaban J connectivity index is 2.07. The number of hydrogen-bond acceptors (Lipinski definition) is 5. The first kappa shape index (κ1) is 22.0. The molecular formula is C23H25NO5. The summed E-state index contributed by atoms with van der Waals surface area (Å²) in [4.78, 5) is 23.0. The van der Waals surface area contributed by atoms with Gasteiger partial charge in [-0.2, -0.15) is 5.26 Å². The molecule has 2 aromatic carbocycles. The third-order valence-electron chi connectivity index (χ3n) is 4.00. The number of nitriles is 1. The molecule has 2 rings (SSSR count). The summed E-state index contributed by atoms with van der Waals surface area (Å²) in [5.41, 5.74) is 1.90. The van der Waals surface area contributed by atoms with Crippen molar-refractivity contribution in [3.63, 3.8) is 0 Å². The van der Waals surface area contributed by atoms with Crippen molar-refractivity contribution in [2.75, 3.05) is 0 Å². The number of carboxylic acid groups (broad SMARTS) is 1. The second-order valence-corrected chi connectivity index (χ2v) is 7.68. The Hall–Kier alpha value is -3.33. The topological polar surface area (TPSA) is 96.6 Å². The fraction of sp³-hybridized carbons (Fsp3) is 0.348. The monoisotopic (exact) mass is 395 g/mol. The number of ether oxygens (including phenoxy) is 2. The molecule has 0 radical (unpaired) electrons. The van der Waals surface area contributed by atoms with E-state index < -0.39 is 23.6 Å². The minimum absolute atomic E-state index is 0.0259. The standard InChI is InChI=1S/C23H25NO5/c1-23(2,3)29-22(27)14-20(12-13-21(25)26)28-19-10-8-18(9-11-19)17-6-4-16(15-24)5-7-17/h4-11,20H,12-14H2,1-3H3,(H,25,26). The molecule has 1 atom stereocenters. The van der Waals surface area contributed by atoms with Gasteiger partial charge in [0.05, 0.1) is 18.1 Å². The highest BCUT2D eigenvalue weighted by Gasteiger charge is 2.22. The molecule has 2 aromatic rings. The number of aliphatic carboxylic acids is 1. The molecule has 0 heterocycles. The summed E-state index contributed by atoms with van der Waals surface area (Å²) in [7, 11) is 0. The van der Waals surface area contributed by atoms with Crippen molar-refractivity contribution >= 4 is 11.9 Å². The van der Waals surface area contributed by atoms with Crippen molar-refractivity contribution in [1.82, 2.24) is 0 Å². The summed E-state index contributed by atoms with van der Waals surface area (Å²) in [6.07, 6.45) is -0.522. The lowest BCUT2D eigenvalue weighted by molar-refractivity contribution is -0.157. The van der Waals surface area contributed by atoms with E-state index in [4.69, 9.17) is 19.8 Å². The SMILES string of the molecule is CC(C)(C)OC(=O)CC(CCC(=O)O)Oc1ccc(-c2ccc(C#N)cc2)cc1. The first-order valence-electron chi connectivity index (χ1n) is 9.37. The van der Waals surface area contributed by atoms with E-state index in [1.165, 1.54) is 0 Å². The van der Waals surface area contributed by atoms with Crippen LogP contribution < -0.4 is 4.74 Å². The quantitative estimate of drug-likeness (QED) is 0.658. The van der Waals surface area contributed by atoms with E-state index in [9.17, 15) is 9.59 Å². The molecule has 0 fully saturated rings. The van der Waals surface area contributed by atoms with Crippen LogP contribution in [0.1, 0.15) is 45.6 Å². The molecule has 1 N–H and O–H groups in total. The molecule has 0 spiro atoms. The van der Waals surface area contributed by atoms with Crippen LogP contribution in [0.3, 0.4) is 0 Å². The third kappa shape index (κ3) is 7.67. The fourth-order valence-corrected chi connectivity index (χ4v) is 2.71. The lowest BCUT2D eigenvalue weighted by Gasteiger charge is -2.23. The van der Waals surface area contributed by atoms with Gasteiger partial charge in [-0.3, -0.25) is 9.59 Å². The van der Waals surface area contributed by atoms with E-state index in [0.29, 0.717) is 11.3 Å². The number of hydrogen-bond donors (Lipinski definition) is 1. The molecule has 6 nitrogen and oxygen atoms in total. The predicted octanol–water partition coefficient (Wildman–Crippen LogP) is 4.57. The van der Waals surface area contributed by atoms with Gasteiger partial charge < -0.3 is 14.6 Å². The first-order chi connectivity index (χ1) is 13.7. The van der Waals surface area contributed by atoms with Gasteiger partial charge >= 0.3 is 11.9 Å². The Labute approximate surface area is 170 Å². The van der Waals surface area contributed by atoms with E-state index in [1.54, 1.807) is 45.0 Å². The molecule has 0 saturated heterocycles. The summed E-state index contributed by atoms with van der Waals surface area (Å²) in [6, 6.07) is 16.6. The highest BCUT2D eigenvalue weighted by Crippen LogP contribution is 2.24. The van der Waals surface area contributed by atoms with E-state index >= 15 is 0 Å². The van der Waals surface area contributed by atoms with Gasteiger partial charge in [-0.25, -0.2) is 0 Å². The number of nitrogens with zero attached hydrogens (tertiary/aromatic N) is 1. The maximum atomic E-state index is 12.1. The molecule has 0 saturated carbocycles. The van der Waals surface area contributed by atoms with Crippen LogP contribution in [0.2, 0.25) is 0 Å². The summed E-state index contributed by atoms with van der Waals surface area (Å²) >= 11 is 0. The number of carbonyl (C=O) groups excluding carboxylic acids is 1. The molecule has 0 amide bonds. The van der Waals surface area contributed by atoms with Crippen molar-refractivity contribution in [3.8, 4) is 22.9 Å². The van der Waals surface area contributed by atoms with E-state index in [1.807, 2.05) is 24.3 Å². The zero-order valence-corrected chi connectivity index (χ0v) is 16.8. The number of benzene rings is 2. The largest absolute Gasteiger partial charge is 0.490 e. The van der Waals surface area contributed by atoms with Gasteiger partial charge in [0.2, 0.25) is 0 Å². The Bertz CT molecular complexity index is 873. The van der Waals surface area contributed by atoms with Crippen LogP contribution in [-0.2, 0) is 14.3 Å². The lowest BCUT2D eigenvalue weighted by Crippen LogP contribution is -2.29. The maximum absolute atomic E-state index is 12.1. The van der Waals surface area contributed by atoms with E-state index in [-0.39, 0.29) is 19.3 Å². The minimum Gasteiger partial charge on any atom is -0.490 e. The number of carboxylic acids is 1. The highest BCUT2D eigenvalue weighted by molar-refractivity contribution is 5.71. The molecule has 1 unspecified atom stereocenters. The van der Waals surface area contributed by atoms with Crippen LogP contribution in [0.4, 0.5) is 0 Å². The second kappa shape index (κ2) is 9.74. The van der Waals surface area contributed by atoms with Crippen LogP contribution in [0.5, 0.6) is 5.75 Å². The van der Waals surface area contributed by atoms with Crippen molar-refractivity contribution in [2.24, 2.45) is 0 Å². The molecule has 29 heavy (non-hydrogen) atoms. The summed E-state index contributed by atoms with van der Waals surface area (Å²) in [6.45, 7) is 5.33. The summed E-state index contributed by atoms with van der Waals surface area (Å²) in [5.74, 6) is -0.831. The van der Waals surface area contributed by atoms with E-state index in [0.717, 1.165) is 11.1 Å². The zero-order valence-electron chi connectivity index (χ0n) is 16.8. The number of rotatable bonds is 8. The van der Waals surface area contributed by atoms with Gasteiger partial charge in [0.15, 0.2) is 0 Å². The molecular weight excluding hydrogens is 370 g/mol. The molecule has 0 bridgehead atoms. The average molecular weight is 395 g/mol. The van der Waals surface area contributed by atoms with Crippen molar-refractivity contribution in [1.29, 1.82) is 5.26 Å². The minimum atomic E-state index is -0.945. The normalized spacial score (nSPS) is 11.9. The van der Waals surface area contributed by atoms with Crippen molar-refractivity contribution < 1.29 is 24.2 Å². The fourth-order valence-electron chi connectivity index (χ4n) is 2.71. The lowest BCUT2D eigenvalue weighted by atomic mass is 10.0. The van der Waals surface area contributed by atoms with Gasteiger partial charge in [0.25, 0.3) is 0 Å². The molecule has 6 heteroatoms. The van der Waals surface area contributed by atoms with Gasteiger partial charge in [0, 0.05) is 6.42 Å². The molecule has 0 aliphatic carbocycles. The Kier molecular flexibility index (Phi) is 7.38. The van der Waals surface area contributed by atoms with Crippen molar-refractivity contribution in [3.05, 3.63) is 54.1 Å². The average Bonchev–Trinajstić information content (AvgIpc) is 2.65. The van der Waals surface area contributed by atoms with E-state index in [2.05, 4.69) is 6.07 Å². The smallest absolute Gasteiger partial charge is 0.310 e. The molecule has 0 aromatic heterocycles. The Morgan fingerprint density at radius 1 is 1.03 bits per heavy atom. The van der Waals surface area contributed by atoms with Crippen LogP contribution >= 0.6 is 0 Å². The Morgan fingerprint density at radius 2 is 1.59 bits per heavy atom. The second-order valence-electron chi connectivity index (χ2n) is 7.68. The number of esters is 1. The van der Waals surface area contributed by atoms with Gasteiger partial charge in [0.1, 0.15) is 17.5 Å². The molecule has 152 valence electrons. The van der Waals surface area contributed by atoms with Crippen LogP contribution in [0, 0.1) is 11.3 Å². The van der Waals surface area contributed by atoms with Gasteiger partial charge in [-0.15, -0.1) is 0 Å². The van der Waals surface area contributed by atoms with Gasteiger partial charge in [-0.05, 0) is 62.6 Å². The number of carbonyl (C=O) groups is 2. The summed E-state index contributed by atoms with van der Waals surface area (Å²) < 4.78 is 11.2. The molecule has 0 aliphatic heterocycles. The summed E-state index contributed by atoms with van der Waals surface area (Å²) in [5, 5.41) is 17.8. The van der Waals surface area contributed by atoms with Gasteiger partial charge in [-0.1, -0.05) is 24.3 Å². The van der Waals surface area contributed by atoms with Crippen molar-refractivity contribution in [2.45, 2.75) is 51.7 Å². The maximum Gasteiger partial charge on any atom is 0.310 e. The third-order valence-corrected chi connectivity index (χ3v) is 4.00. The van der Waals surface area contributed by atoms with Crippen LogP contribution in [0.15, 0.2) is 48.5 Å². The highest BCUT2D eigenvalue weighted by atomic mass is 16.6. The molecule has 0 aliphatic rings. The zero-order chi connectivity index (χ0) is 21.4. The first-order valence-corrected chi connectivity index (χ1v) is 9.37. The van der Waals surface area contributed by atoms with Crippen LogP contribution in [0.25, 0.3) is 11.1 Å². The predicted molar refractivity (Wildman–Crippen MR) is 108 cm³/mol. The Morgan fingerprint density at radius 3 is 2.07 bits per heavy atom. The van der Waals surface area contributed by atoms with Crippen LogP contribution in [-0.4, -0.2) is 28.8 Å².